The van der Waals surface area contributed by atoms with E-state index in [1.807, 2.05) is 18.7 Å². The van der Waals surface area contributed by atoms with Gasteiger partial charge in [-0.05, 0) is 39.5 Å². The zero-order valence-corrected chi connectivity index (χ0v) is 17.4. The summed E-state index contributed by atoms with van der Waals surface area (Å²) < 4.78 is 5.74. The lowest BCUT2D eigenvalue weighted by molar-refractivity contribution is -0.153. The Labute approximate surface area is 171 Å². The minimum Gasteiger partial charge on any atom is -0.461 e. The highest BCUT2D eigenvalue weighted by Crippen LogP contribution is 2.43. The summed E-state index contributed by atoms with van der Waals surface area (Å²) in [7, 11) is 0. The van der Waals surface area contributed by atoms with Gasteiger partial charge >= 0.3 is 5.97 Å². The lowest BCUT2D eigenvalue weighted by Crippen LogP contribution is -2.45. The first-order chi connectivity index (χ1) is 13.9. The van der Waals surface area contributed by atoms with Crippen LogP contribution in [0.25, 0.3) is 0 Å². The number of aliphatic hydroxyl groups is 1. The first-order valence-corrected chi connectivity index (χ1v) is 10.8. The van der Waals surface area contributed by atoms with Gasteiger partial charge in [0, 0.05) is 50.4 Å². The molecule has 1 spiro atoms. The summed E-state index contributed by atoms with van der Waals surface area (Å²) in [6.45, 7) is 7.52. The molecule has 0 saturated carbocycles. The molecular weight excluding hydrogens is 372 g/mol. The Morgan fingerprint density at radius 1 is 1.24 bits per heavy atom. The minimum absolute atomic E-state index is 0.0729. The first-order valence-electron chi connectivity index (χ1n) is 10.8. The molecule has 3 aliphatic heterocycles. The second-order valence-electron chi connectivity index (χ2n) is 9.01. The molecule has 29 heavy (non-hydrogen) atoms. The molecule has 4 heterocycles. The van der Waals surface area contributed by atoms with Crippen LogP contribution in [0.4, 0.5) is 0 Å². The second-order valence-corrected chi connectivity index (χ2v) is 9.01. The number of likely N-dealkylation sites (tertiary alicyclic amines) is 2. The Kier molecular flexibility index (Phi) is 5.66. The van der Waals surface area contributed by atoms with Gasteiger partial charge in [-0.1, -0.05) is 0 Å². The zero-order valence-electron chi connectivity index (χ0n) is 17.4. The van der Waals surface area contributed by atoms with E-state index in [9.17, 15) is 14.7 Å². The molecular formula is C21H32N4O4. The van der Waals surface area contributed by atoms with Crippen LogP contribution in [0.15, 0.2) is 0 Å². The SMILES string of the molecule is Cc1n[nH]c(C)c1CC(=O)N1CCC2(CC1)CC(CN1CCC(O)CC1)OC2=O. The molecule has 0 aromatic carbocycles. The number of piperidine rings is 2. The van der Waals surface area contributed by atoms with Gasteiger partial charge in [0.05, 0.1) is 23.6 Å². The number of H-pyrrole nitrogens is 1. The summed E-state index contributed by atoms with van der Waals surface area (Å²) >= 11 is 0. The Hall–Kier alpha value is -1.93. The maximum Gasteiger partial charge on any atom is 0.312 e. The molecule has 1 atom stereocenters. The monoisotopic (exact) mass is 404 g/mol. The molecule has 3 aliphatic rings. The van der Waals surface area contributed by atoms with Crippen LogP contribution in [0.5, 0.6) is 0 Å². The van der Waals surface area contributed by atoms with Crippen molar-refractivity contribution in [3.8, 4) is 0 Å². The number of nitrogens with zero attached hydrogens (tertiary/aromatic N) is 3. The summed E-state index contributed by atoms with van der Waals surface area (Å²) in [5, 5.41) is 16.8. The summed E-state index contributed by atoms with van der Waals surface area (Å²) in [5.41, 5.74) is 2.36. The molecule has 4 rings (SSSR count). The van der Waals surface area contributed by atoms with Gasteiger partial charge in [-0.25, -0.2) is 0 Å². The van der Waals surface area contributed by atoms with E-state index in [1.54, 1.807) is 0 Å². The Balaban J connectivity index is 1.30. The summed E-state index contributed by atoms with van der Waals surface area (Å²) in [6, 6.07) is 0. The molecule has 0 aliphatic carbocycles. The van der Waals surface area contributed by atoms with Crippen LogP contribution in [-0.4, -0.2) is 81.9 Å². The number of aromatic nitrogens is 2. The fraction of sp³-hybridized carbons (Fsp3) is 0.762. The molecule has 2 N–H and O–H groups in total. The molecule has 8 heteroatoms. The highest BCUT2D eigenvalue weighted by atomic mass is 16.6. The van der Waals surface area contributed by atoms with Crippen molar-refractivity contribution in [2.24, 2.45) is 5.41 Å². The molecule has 3 fully saturated rings. The van der Waals surface area contributed by atoms with Gasteiger partial charge in [0.2, 0.25) is 5.91 Å². The topological polar surface area (TPSA) is 98.8 Å². The largest absolute Gasteiger partial charge is 0.461 e. The Bertz CT molecular complexity index is 741. The predicted octanol–water partition coefficient (Wildman–Crippen LogP) is 0.950. The zero-order chi connectivity index (χ0) is 20.6. The van der Waals surface area contributed by atoms with Gasteiger partial charge in [0.15, 0.2) is 0 Å². The van der Waals surface area contributed by atoms with Gasteiger partial charge in [0.25, 0.3) is 0 Å². The lowest BCUT2D eigenvalue weighted by Gasteiger charge is -2.37. The van der Waals surface area contributed by atoms with E-state index in [-0.39, 0.29) is 24.1 Å². The maximum atomic E-state index is 12.7. The molecule has 1 aromatic heterocycles. The molecule has 1 unspecified atom stereocenters. The third kappa shape index (κ3) is 4.19. The van der Waals surface area contributed by atoms with Crippen LogP contribution in [0.3, 0.4) is 0 Å². The number of carbonyl (C=O) groups excluding carboxylic acids is 2. The van der Waals surface area contributed by atoms with E-state index < -0.39 is 5.41 Å². The van der Waals surface area contributed by atoms with E-state index in [4.69, 9.17) is 4.74 Å². The van der Waals surface area contributed by atoms with Gasteiger partial charge in [-0.3, -0.25) is 19.6 Å². The number of nitrogens with one attached hydrogen (secondary N) is 1. The summed E-state index contributed by atoms with van der Waals surface area (Å²) in [4.78, 5) is 29.6. The molecule has 8 nitrogen and oxygen atoms in total. The van der Waals surface area contributed by atoms with Crippen molar-refractivity contribution in [3.05, 3.63) is 17.0 Å². The average Bonchev–Trinajstić information content (AvgIpc) is 3.17. The predicted molar refractivity (Wildman–Crippen MR) is 106 cm³/mol. The van der Waals surface area contributed by atoms with Crippen LogP contribution < -0.4 is 0 Å². The quantitative estimate of drug-likeness (QED) is 0.725. The van der Waals surface area contributed by atoms with Crippen LogP contribution in [0, 0.1) is 19.3 Å². The van der Waals surface area contributed by atoms with Crippen molar-refractivity contribution in [2.75, 3.05) is 32.7 Å². The van der Waals surface area contributed by atoms with Gasteiger partial charge in [0.1, 0.15) is 6.10 Å². The van der Waals surface area contributed by atoms with Gasteiger partial charge in [-0.15, -0.1) is 0 Å². The minimum atomic E-state index is -0.432. The van der Waals surface area contributed by atoms with Crippen molar-refractivity contribution in [3.63, 3.8) is 0 Å². The van der Waals surface area contributed by atoms with E-state index in [0.717, 1.165) is 55.8 Å². The Morgan fingerprint density at radius 2 is 1.93 bits per heavy atom. The third-order valence-electron chi connectivity index (χ3n) is 7.03. The van der Waals surface area contributed by atoms with Crippen LogP contribution in [0.2, 0.25) is 0 Å². The highest BCUT2D eigenvalue weighted by molar-refractivity contribution is 5.82. The number of esters is 1. The number of carbonyl (C=O) groups is 2. The standard InChI is InChI=1S/C21H32N4O4/c1-14-18(15(2)23-22-14)11-19(27)25-9-5-21(6-10-25)12-17(29-20(21)28)13-24-7-3-16(26)4-8-24/h16-17,26H,3-13H2,1-2H3,(H,22,23). The smallest absolute Gasteiger partial charge is 0.312 e. The van der Waals surface area contributed by atoms with E-state index in [2.05, 4.69) is 15.1 Å². The van der Waals surface area contributed by atoms with Crippen molar-refractivity contribution in [1.29, 1.82) is 0 Å². The lowest BCUT2D eigenvalue weighted by atomic mass is 9.76. The van der Waals surface area contributed by atoms with E-state index in [0.29, 0.717) is 32.4 Å². The van der Waals surface area contributed by atoms with Gasteiger partial charge < -0.3 is 14.7 Å². The van der Waals surface area contributed by atoms with E-state index >= 15 is 0 Å². The second kappa shape index (κ2) is 8.07. The fourth-order valence-corrected chi connectivity index (χ4v) is 5.02. The molecule has 1 amide bonds. The number of hydrogen-bond acceptors (Lipinski definition) is 6. The normalized spacial score (nSPS) is 25.6. The number of aryl methyl sites for hydroxylation is 2. The van der Waals surface area contributed by atoms with Crippen LogP contribution in [0.1, 0.15) is 49.1 Å². The number of cyclic esters (lactones) is 1. The Morgan fingerprint density at radius 3 is 2.55 bits per heavy atom. The maximum absolute atomic E-state index is 12.7. The first kappa shape index (κ1) is 20.3. The van der Waals surface area contributed by atoms with Crippen LogP contribution >= 0.6 is 0 Å². The summed E-state index contributed by atoms with van der Waals surface area (Å²) in [5.74, 6) is 0.00963. The van der Waals surface area contributed by atoms with Crippen molar-refractivity contribution in [1.82, 2.24) is 20.0 Å². The molecule has 0 radical (unpaired) electrons. The molecule has 160 valence electrons. The molecule has 3 saturated heterocycles. The number of ether oxygens (including phenoxy) is 1. The fourth-order valence-electron chi connectivity index (χ4n) is 5.02. The number of hydrogen-bond donors (Lipinski definition) is 2. The molecule has 0 bridgehead atoms. The highest BCUT2D eigenvalue weighted by Gasteiger charge is 2.51. The third-order valence-corrected chi connectivity index (χ3v) is 7.03. The van der Waals surface area contributed by atoms with Crippen molar-refractivity contribution >= 4 is 11.9 Å². The van der Waals surface area contributed by atoms with E-state index in [1.165, 1.54) is 0 Å². The number of aromatic amines is 1. The van der Waals surface area contributed by atoms with Crippen molar-refractivity contribution in [2.45, 2.75) is 64.6 Å². The summed E-state index contributed by atoms with van der Waals surface area (Å²) in [6.07, 6.45) is 3.77. The average molecular weight is 405 g/mol. The number of amides is 1. The van der Waals surface area contributed by atoms with Gasteiger partial charge in [-0.2, -0.15) is 5.10 Å². The van der Waals surface area contributed by atoms with Crippen molar-refractivity contribution < 1.29 is 19.4 Å². The van der Waals surface area contributed by atoms with Crippen LogP contribution in [-0.2, 0) is 20.7 Å². The number of aliphatic hydroxyl groups excluding tert-OH is 1. The molecule has 1 aromatic rings. The number of rotatable bonds is 4.